The number of hydrogen-bond donors (Lipinski definition) is 1. The second kappa shape index (κ2) is 7.38. The Morgan fingerprint density at radius 2 is 1.90 bits per heavy atom. The van der Waals surface area contributed by atoms with Gasteiger partial charge < -0.3 is 14.7 Å². The number of rotatable bonds is 6. The van der Waals surface area contributed by atoms with Crippen molar-refractivity contribution in [2.75, 3.05) is 46.4 Å². The minimum atomic E-state index is -1.98. The summed E-state index contributed by atoms with van der Waals surface area (Å²) in [5.74, 6) is -0.843. The Balaban J connectivity index is 1.75. The van der Waals surface area contributed by atoms with Gasteiger partial charge >= 0.3 is 5.97 Å². The molecular formula is C15H21FN2O3. The van der Waals surface area contributed by atoms with E-state index in [4.69, 9.17) is 9.84 Å². The predicted octanol–water partition coefficient (Wildman–Crippen LogP) is 1.41. The lowest BCUT2D eigenvalue weighted by atomic mass is 10.1. The Morgan fingerprint density at radius 3 is 2.48 bits per heavy atom. The lowest BCUT2D eigenvalue weighted by molar-refractivity contribution is -0.143. The van der Waals surface area contributed by atoms with Crippen molar-refractivity contribution >= 4 is 5.97 Å². The van der Waals surface area contributed by atoms with Crippen LogP contribution in [0.4, 0.5) is 4.39 Å². The average molecular weight is 296 g/mol. The molecule has 2 rings (SSSR count). The summed E-state index contributed by atoms with van der Waals surface area (Å²) in [5, 5.41) is 8.59. The highest BCUT2D eigenvalue weighted by molar-refractivity contribution is 5.74. The van der Waals surface area contributed by atoms with Gasteiger partial charge in [-0.15, -0.1) is 0 Å². The number of aliphatic carboxylic acids is 1. The second-order valence-corrected chi connectivity index (χ2v) is 5.26. The van der Waals surface area contributed by atoms with Gasteiger partial charge in [-0.1, -0.05) is 12.1 Å². The van der Waals surface area contributed by atoms with Gasteiger partial charge in [-0.05, 0) is 24.7 Å². The molecule has 1 unspecified atom stereocenters. The van der Waals surface area contributed by atoms with Crippen molar-refractivity contribution in [1.29, 1.82) is 0 Å². The average Bonchev–Trinajstić information content (AvgIpc) is 2.49. The van der Waals surface area contributed by atoms with Crippen LogP contribution in [-0.2, 0) is 4.79 Å². The smallest absolute Gasteiger partial charge is 0.343 e. The molecule has 1 aromatic carbocycles. The molecule has 1 N–H and O–H groups in total. The Hall–Kier alpha value is -1.66. The van der Waals surface area contributed by atoms with Crippen molar-refractivity contribution < 1.29 is 19.0 Å². The summed E-state index contributed by atoms with van der Waals surface area (Å²) in [7, 11) is 2.12. The van der Waals surface area contributed by atoms with Crippen molar-refractivity contribution in [2.45, 2.75) is 6.17 Å². The van der Waals surface area contributed by atoms with E-state index in [9.17, 15) is 9.18 Å². The zero-order chi connectivity index (χ0) is 15.2. The molecule has 1 heterocycles. The standard InChI is InChI=1S/C15H21FN2O3/c1-17-6-8-18(9-7-17)10-11-21-13-4-2-12(3-5-13)14(16)15(19)20/h2-5,14H,6-11H2,1H3,(H,19,20). The van der Waals surface area contributed by atoms with Crippen molar-refractivity contribution in [3.05, 3.63) is 29.8 Å². The summed E-state index contributed by atoms with van der Waals surface area (Å²) in [6, 6.07) is 6.11. The van der Waals surface area contributed by atoms with Crippen molar-refractivity contribution in [3.63, 3.8) is 0 Å². The molecule has 6 heteroatoms. The molecule has 21 heavy (non-hydrogen) atoms. The summed E-state index contributed by atoms with van der Waals surface area (Å²) in [5.41, 5.74) is 0.133. The van der Waals surface area contributed by atoms with Gasteiger partial charge in [0.1, 0.15) is 12.4 Å². The van der Waals surface area contributed by atoms with Crippen LogP contribution in [0, 0.1) is 0 Å². The van der Waals surface area contributed by atoms with Crippen molar-refractivity contribution in [1.82, 2.24) is 9.80 Å². The lowest BCUT2D eigenvalue weighted by Gasteiger charge is -2.32. The van der Waals surface area contributed by atoms with Gasteiger partial charge in [0, 0.05) is 32.7 Å². The summed E-state index contributed by atoms with van der Waals surface area (Å²) in [6.45, 7) is 5.66. The highest BCUT2D eigenvalue weighted by Crippen LogP contribution is 2.20. The first-order chi connectivity index (χ1) is 10.1. The van der Waals surface area contributed by atoms with Gasteiger partial charge in [-0.3, -0.25) is 4.90 Å². The maximum absolute atomic E-state index is 13.3. The van der Waals surface area contributed by atoms with Crippen LogP contribution in [0.3, 0.4) is 0 Å². The number of likely N-dealkylation sites (N-methyl/N-ethyl adjacent to an activating group) is 1. The van der Waals surface area contributed by atoms with Crippen LogP contribution in [0.15, 0.2) is 24.3 Å². The van der Waals surface area contributed by atoms with Crippen LogP contribution >= 0.6 is 0 Å². The van der Waals surface area contributed by atoms with Crippen molar-refractivity contribution in [3.8, 4) is 5.75 Å². The van der Waals surface area contributed by atoms with Gasteiger partial charge in [-0.25, -0.2) is 9.18 Å². The molecule has 1 saturated heterocycles. The van der Waals surface area contributed by atoms with Gasteiger partial charge in [0.25, 0.3) is 0 Å². The molecular weight excluding hydrogens is 275 g/mol. The molecule has 0 bridgehead atoms. The Labute approximate surface area is 123 Å². The number of hydrogen-bond acceptors (Lipinski definition) is 4. The molecule has 0 radical (unpaired) electrons. The van der Waals surface area contributed by atoms with Gasteiger partial charge in [0.15, 0.2) is 0 Å². The zero-order valence-electron chi connectivity index (χ0n) is 12.2. The second-order valence-electron chi connectivity index (χ2n) is 5.26. The van der Waals surface area contributed by atoms with E-state index in [2.05, 4.69) is 16.8 Å². The normalized spacial score (nSPS) is 18.4. The van der Waals surface area contributed by atoms with E-state index in [0.717, 1.165) is 32.7 Å². The molecule has 116 valence electrons. The fourth-order valence-electron chi connectivity index (χ4n) is 2.24. The third kappa shape index (κ3) is 4.68. The van der Waals surface area contributed by atoms with Crippen LogP contribution in [0.2, 0.25) is 0 Å². The third-order valence-corrected chi connectivity index (χ3v) is 3.66. The minimum Gasteiger partial charge on any atom is -0.492 e. The fraction of sp³-hybridized carbons (Fsp3) is 0.533. The van der Waals surface area contributed by atoms with Crippen molar-refractivity contribution in [2.24, 2.45) is 0 Å². The topological polar surface area (TPSA) is 53.0 Å². The molecule has 0 aromatic heterocycles. The van der Waals surface area contributed by atoms with Crippen LogP contribution in [0.5, 0.6) is 5.75 Å². The third-order valence-electron chi connectivity index (χ3n) is 3.66. The molecule has 1 aliphatic heterocycles. The van der Waals surface area contributed by atoms with Gasteiger partial charge in [-0.2, -0.15) is 0 Å². The largest absolute Gasteiger partial charge is 0.492 e. The van der Waals surface area contributed by atoms with Crippen LogP contribution in [0.1, 0.15) is 11.7 Å². The van der Waals surface area contributed by atoms with Crippen LogP contribution < -0.4 is 4.74 Å². The maximum atomic E-state index is 13.3. The van der Waals surface area contributed by atoms with E-state index in [1.165, 1.54) is 12.1 Å². The summed E-state index contributed by atoms with van der Waals surface area (Å²) in [6.07, 6.45) is -1.98. The molecule has 0 spiro atoms. The number of halogens is 1. The van der Waals surface area contributed by atoms with E-state index in [1.54, 1.807) is 12.1 Å². The number of piperazine rings is 1. The molecule has 1 fully saturated rings. The molecule has 1 aliphatic rings. The number of ether oxygens (including phenoxy) is 1. The first-order valence-corrected chi connectivity index (χ1v) is 7.07. The van der Waals surface area contributed by atoms with E-state index in [0.29, 0.717) is 12.4 Å². The lowest BCUT2D eigenvalue weighted by Crippen LogP contribution is -2.45. The number of carbonyl (C=O) groups is 1. The summed E-state index contributed by atoms with van der Waals surface area (Å²) < 4.78 is 18.9. The molecule has 0 aliphatic carbocycles. The molecule has 1 aromatic rings. The monoisotopic (exact) mass is 296 g/mol. The summed E-state index contributed by atoms with van der Waals surface area (Å²) >= 11 is 0. The van der Waals surface area contributed by atoms with E-state index >= 15 is 0 Å². The Kier molecular flexibility index (Phi) is 5.52. The maximum Gasteiger partial charge on any atom is 0.343 e. The fourth-order valence-corrected chi connectivity index (χ4v) is 2.24. The quantitative estimate of drug-likeness (QED) is 0.860. The zero-order valence-corrected chi connectivity index (χ0v) is 12.2. The first-order valence-electron chi connectivity index (χ1n) is 7.07. The number of benzene rings is 1. The van der Waals surface area contributed by atoms with Gasteiger partial charge in [0.05, 0.1) is 0 Å². The predicted molar refractivity (Wildman–Crippen MR) is 77.4 cm³/mol. The molecule has 0 saturated carbocycles. The molecule has 0 amide bonds. The van der Waals surface area contributed by atoms with E-state index in [-0.39, 0.29) is 5.56 Å². The number of carboxylic acids is 1. The minimum absolute atomic E-state index is 0.133. The number of nitrogens with zero attached hydrogens (tertiary/aromatic N) is 2. The number of alkyl halides is 1. The first kappa shape index (κ1) is 15.7. The highest BCUT2D eigenvalue weighted by atomic mass is 19.1. The van der Waals surface area contributed by atoms with E-state index < -0.39 is 12.1 Å². The van der Waals surface area contributed by atoms with Crippen LogP contribution in [-0.4, -0.2) is 67.3 Å². The van der Waals surface area contributed by atoms with Crippen LogP contribution in [0.25, 0.3) is 0 Å². The Bertz CT molecular complexity index is 458. The SMILES string of the molecule is CN1CCN(CCOc2ccc(C(F)C(=O)O)cc2)CC1. The van der Waals surface area contributed by atoms with Gasteiger partial charge in [0.2, 0.25) is 6.17 Å². The summed E-state index contributed by atoms with van der Waals surface area (Å²) in [4.78, 5) is 15.2. The molecule has 5 nitrogen and oxygen atoms in total. The number of carboxylic acid groups (broad SMARTS) is 1. The Morgan fingerprint density at radius 1 is 1.29 bits per heavy atom. The highest BCUT2D eigenvalue weighted by Gasteiger charge is 2.18. The molecule has 1 atom stereocenters. The van der Waals surface area contributed by atoms with E-state index in [1.807, 2.05) is 0 Å².